The van der Waals surface area contributed by atoms with Crippen molar-refractivity contribution in [3.63, 3.8) is 0 Å². The highest BCUT2D eigenvalue weighted by Crippen LogP contribution is 2.08. The molecule has 0 saturated heterocycles. The van der Waals surface area contributed by atoms with Crippen LogP contribution in [0.4, 0.5) is 0 Å². The number of ketones is 1. The van der Waals surface area contributed by atoms with E-state index >= 15 is 0 Å². The minimum Gasteiger partial charge on any atom is -0.481 e. The molecule has 24 heavy (non-hydrogen) atoms. The quantitative estimate of drug-likeness (QED) is 0.264. The summed E-state index contributed by atoms with van der Waals surface area (Å²) in [4.78, 5) is 22.0. The average molecular weight is 336 g/mol. The van der Waals surface area contributed by atoms with E-state index in [1.165, 1.54) is 0 Å². The number of carboxylic acids is 1. The van der Waals surface area contributed by atoms with Gasteiger partial charge in [-0.25, -0.2) is 0 Å². The molecule has 1 atom stereocenters. The highest BCUT2D eigenvalue weighted by atomic mass is 16.5. The van der Waals surface area contributed by atoms with Gasteiger partial charge in [0.1, 0.15) is 0 Å². The highest BCUT2D eigenvalue weighted by molar-refractivity contribution is 5.89. The second-order valence-electron chi connectivity index (χ2n) is 5.82. The van der Waals surface area contributed by atoms with Crippen LogP contribution >= 0.6 is 0 Å². The van der Waals surface area contributed by atoms with E-state index in [9.17, 15) is 9.59 Å². The maximum Gasteiger partial charge on any atom is 0.303 e. The lowest BCUT2D eigenvalue weighted by Crippen LogP contribution is -2.05. The van der Waals surface area contributed by atoms with Gasteiger partial charge in [0, 0.05) is 20.0 Å². The molecule has 0 radical (unpaired) electrons. The summed E-state index contributed by atoms with van der Waals surface area (Å²) < 4.78 is 5.30. The molecule has 0 aromatic carbocycles. The van der Waals surface area contributed by atoms with Crippen molar-refractivity contribution in [2.24, 2.45) is 0 Å². The molecule has 0 aliphatic rings. The van der Waals surface area contributed by atoms with Crippen LogP contribution < -0.4 is 0 Å². The van der Waals surface area contributed by atoms with E-state index in [1.807, 2.05) is 24.3 Å². The van der Waals surface area contributed by atoms with E-state index in [0.717, 1.165) is 44.9 Å². The summed E-state index contributed by atoms with van der Waals surface area (Å²) in [5.74, 6) is -0.601. The Morgan fingerprint density at radius 1 is 0.958 bits per heavy atom. The number of hydrogen-bond donors (Lipinski definition) is 1. The van der Waals surface area contributed by atoms with Crippen LogP contribution in [-0.4, -0.2) is 30.1 Å². The molecule has 1 unspecified atom stereocenters. The molecule has 4 nitrogen and oxygen atoms in total. The maximum absolute atomic E-state index is 11.7. The monoisotopic (exact) mass is 336 g/mol. The Hall–Kier alpha value is -1.68. The van der Waals surface area contributed by atoms with Crippen LogP contribution in [-0.2, 0) is 14.3 Å². The zero-order valence-corrected chi connectivity index (χ0v) is 15.1. The van der Waals surface area contributed by atoms with Crippen LogP contribution in [0.3, 0.4) is 0 Å². The Balaban J connectivity index is 3.72. The van der Waals surface area contributed by atoms with E-state index in [-0.39, 0.29) is 18.3 Å². The molecule has 1 N–H and O–H groups in total. The fourth-order valence-corrected chi connectivity index (χ4v) is 2.25. The van der Waals surface area contributed by atoms with Gasteiger partial charge >= 0.3 is 5.97 Å². The van der Waals surface area contributed by atoms with Gasteiger partial charge < -0.3 is 9.84 Å². The number of ether oxygens (including phenoxy) is 1. The molecule has 0 saturated carbocycles. The zero-order valence-electron chi connectivity index (χ0n) is 15.1. The Labute approximate surface area is 146 Å². The van der Waals surface area contributed by atoms with Gasteiger partial charge in [0.05, 0.1) is 6.10 Å². The first-order valence-electron chi connectivity index (χ1n) is 8.89. The molecular weight excluding hydrogens is 304 g/mol. The van der Waals surface area contributed by atoms with Gasteiger partial charge in [-0.3, -0.25) is 9.59 Å². The summed E-state index contributed by atoms with van der Waals surface area (Å²) in [6.07, 6.45) is 18.6. The molecule has 0 aromatic rings. The third kappa shape index (κ3) is 15.2. The molecule has 0 heterocycles. The number of rotatable bonds is 15. The normalized spacial score (nSPS) is 13.2. The van der Waals surface area contributed by atoms with Gasteiger partial charge in [0.2, 0.25) is 0 Å². The molecule has 0 aliphatic heterocycles. The van der Waals surface area contributed by atoms with Crippen LogP contribution in [0.2, 0.25) is 0 Å². The molecule has 0 spiro atoms. The van der Waals surface area contributed by atoms with Crippen LogP contribution in [0.1, 0.15) is 64.7 Å². The number of carbonyl (C=O) groups is 2. The van der Waals surface area contributed by atoms with Crippen molar-refractivity contribution in [2.45, 2.75) is 70.8 Å². The first-order chi connectivity index (χ1) is 11.6. The van der Waals surface area contributed by atoms with Crippen molar-refractivity contribution in [1.29, 1.82) is 0 Å². The van der Waals surface area contributed by atoms with Crippen LogP contribution in [0.5, 0.6) is 0 Å². The number of allylic oxidation sites excluding steroid dienone is 5. The van der Waals surface area contributed by atoms with Crippen LogP contribution in [0.25, 0.3) is 0 Å². The van der Waals surface area contributed by atoms with Gasteiger partial charge in [-0.15, -0.1) is 0 Å². The standard InChI is InChI=1S/C20H32O4/c1-3-13-19(24-2)16-11-8-7-10-15-18(21)14-9-5-4-6-12-17-20(22)23/h7-8,10-11,15-16,19H,3-6,9,12-14,17H2,1-2H3,(H,22,23). The smallest absolute Gasteiger partial charge is 0.303 e. The number of hydrogen-bond acceptors (Lipinski definition) is 3. The van der Waals surface area contributed by atoms with E-state index in [4.69, 9.17) is 9.84 Å². The lowest BCUT2D eigenvalue weighted by Gasteiger charge is -2.07. The van der Waals surface area contributed by atoms with Crippen molar-refractivity contribution in [1.82, 2.24) is 0 Å². The van der Waals surface area contributed by atoms with Gasteiger partial charge in [0.25, 0.3) is 0 Å². The van der Waals surface area contributed by atoms with Gasteiger partial charge in [-0.1, -0.05) is 63.0 Å². The predicted octanol–water partition coefficient (Wildman–Crippen LogP) is 4.85. The molecule has 0 bridgehead atoms. The second kappa shape index (κ2) is 16.2. The fourth-order valence-electron chi connectivity index (χ4n) is 2.25. The number of aliphatic carboxylic acids is 1. The number of carbonyl (C=O) groups excluding carboxylic acids is 1. The summed E-state index contributed by atoms with van der Waals surface area (Å²) in [6, 6.07) is 0. The lowest BCUT2D eigenvalue weighted by molar-refractivity contribution is -0.137. The Morgan fingerprint density at radius 3 is 2.21 bits per heavy atom. The molecule has 0 fully saturated rings. The van der Waals surface area contributed by atoms with Gasteiger partial charge in [-0.05, 0) is 25.3 Å². The minimum absolute atomic E-state index is 0.134. The van der Waals surface area contributed by atoms with Crippen molar-refractivity contribution < 1.29 is 19.4 Å². The van der Waals surface area contributed by atoms with Crippen molar-refractivity contribution >= 4 is 11.8 Å². The summed E-state index contributed by atoms with van der Waals surface area (Å²) in [5, 5.41) is 8.52. The Kier molecular flexibility index (Phi) is 15.1. The molecule has 4 heteroatoms. The summed E-state index contributed by atoms with van der Waals surface area (Å²) in [7, 11) is 1.71. The van der Waals surface area contributed by atoms with Gasteiger partial charge in [0.15, 0.2) is 5.78 Å². The van der Waals surface area contributed by atoms with Crippen LogP contribution in [0, 0.1) is 0 Å². The van der Waals surface area contributed by atoms with E-state index in [0.29, 0.717) is 6.42 Å². The maximum atomic E-state index is 11.7. The first kappa shape index (κ1) is 22.3. The number of carboxylic acid groups (broad SMARTS) is 1. The third-order valence-electron chi connectivity index (χ3n) is 3.63. The molecule has 0 amide bonds. The fraction of sp³-hybridized carbons (Fsp3) is 0.600. The van der Waals surface area contributed by atoms with E-state index < -0.39 is 5.97 Å². The van der Waals surface area contributed by atoms with E-state index in [2.05, 4.69) is 6.92 Å². The second-order valence-corrected chi connectivity index (χ2v) is 5.82. The SMILES string of the molecule is CCCC(C=CC=CC=CC(=O)CCCCCCCC(=O)O)OC. The third-order valence-corrected chi connectivity index (χ3v) is 3.63. The molecule has 0 aliphatic carbocycles. The zero-order chi connectivity index (χ0) is 18.0. The highest BCUT2D eigenvalue weighted by Gasteiger charge is 1.99. The molecule has 0 rings (SSSR count). The van der Waals surface area contributed by atoms with Crippen molar-refractivity contribution in [3.05, 3.63) is 36.5 Å². The predicted molar refractivity (Wildman–Crippen MR) is 98.1 cm³/mol. The van der Waals surface area contributed by atoms with E-state index in [1.54, 1.807) is 19.3 Å². The average Bonchev–Trinajstić information content (AvgIpc) is 2.55. The Bertz CT molecular complexity index is 421. The minimum atomic E-state index is -0.735. The summed E-state index contributed by atoms with van der Waals surface area (Å²) in [5.41, 5.74) is 0. The topological polar surface area (TPSA) is 63.6 Å². The summed E-state index contributed by atoms with van der Waals surface area (Å²) in [6.45, 7) is 2.13. The number of unbranched alkanes of at least 4 members (excludes halogenated alkanes) is 4. The molecule has 0 aromatic heterocycles. The van der Waals surface area contributed by atoms with Crippen LogP contribution in [0.15, 0.2) is 36.5 Å². The Morgan fingerprint density at radius 2 is 1.58 bits per heavy atom. The van der Waals surface area contributed by atoms with Gasteiger partial charge in [-0.2, -0.15) is 0 Å². The largest absolute Gasteiger partial charge is 0.481 e. The lowest BCUT2D eigenvalue weighted by atomic mass is 10.1. The molecule has 136 valence electrons. The summed E-state index contributed by atoms with van der Waals surface area (Å²) >= 11 is 0. The molecular formula is C20H32O4. The number of methoxy groups -OCH3 is 1. The van der Waals surface area contributed by atoms with Crippen molar-refractivity contribution in [3.8, 4) is 0 Å². The first-order valence-corrected chi connectivity index (χ1v) is 8.89. The van der Waals surface area contributed by atoms with Crippen molar-refractivity contribution in [2.75, 3.05) is 7.11 Å².